The Hall–Kier alpha value is -2.70. The van der Waals surface area contributed by atoms with E-state index in [1.807, 2.05) is 12.1 Å². The number of nitrogens with two attached hydrogens (primary N) is 1. The number of methoxy groups -OCH3 is 2. The second kappa shape index (κ2) is 11.8. The lowest BCUT2D eigenvalue weighted by Gasteiger charge is -2.07. The van der Waals surface area contributed by atoms with Gasteiger partial charge in [0.1, 0.15) is 0 Å². The zero-order chi connectivity index (χ0) is 18.5. The average molecular weight is 348 g/mol. The van der Waals surface area contributed by atoms with E-state index in [0.29, 0.717) is 18.0 Å². The first-order valence-electron chi connectivity index (χ1n) is 8.32. The molecule has 0 radical (unpaired) electrons. The zero-order valence-electron chi connectivity index (χ0n) is 14.9. The van der Waals surface area contributed by atoms with Gasteiger partial charge in [-0.05, 0) is 36.6 Å². The maximum Gasteiger partial charge on any atom is 0.243 e. The summed E-state index contributed by atoms with van der Waals surface area (Å²) in [7, 11) is 3.16. The van der Waals surface area contributed by atoms with Crippen LogP contribution in [0.4, 0.5) is 0 Å². The molecule has 1 rings (SSSR count). The topological polar surface area (TPSA) is 109 Å². The molecule has 0 heterocycles. The summed E-state index contributed by atoms with van der Waals surface area (Å²) in [5, 5.41) is 12.7. The Morgan fingerprint density at radius 3 is 2.32 bits per heavy atom. The Kier molecular flexibility index (Phi) is 9.58. The minimum atomic E-state index is -0.118. The van der Waals surface area contributed by atoms with Crippen molar-refractivity contribution in [2.75, 3.05) is 27.3 Å². The number of guanidine groups is 1. The van der Waals surface area contributed by atoms with Crippen LogP contribution in [-0.2, 0) is 4.79 Å². The average Bonchev–Trinajstić information content (AvgIpc) is 2.61. The molecule has 1 aromatic carbocycles. The van der Waals surface area contributed by atoms with Crippen LogP contribution in [0, 0.1) is 5.41 Å². The van der Waals surface area contributed by atoms with Gasteiger partial charge in [0.25, 0.3) is 0 Å². The number of hydrogen-bond donors (Lipinski definition) is 4. The Balaban J connectivity index is 2.23. The van der Waals surface area contributed by atoms with Crippen LogP contribution in [0.5, 0.6) is 11.5 Å². The fourth-order valence-electron chi connectivity index (χ4n) is 2.23. The molecule has 0 bridgehead atoms. The molecule has 0 aliphatic rings. The van der Waals surface area contributed by atoms with Gasteiger partial charge in [0.15, 0.2) is 17.5 Å². The van der Waals surface area contributed by atoms with Crippen molar-refractivity contribution in [2.24, 2.45) is 5.73 Å². The SMILES string of the molecule is COc1ccc(/C=C/C(=O)NCCCCCCNC(=N)N)cc1OC. The molecule has 0 saturated heterocycles. The van der Waals surface area contributed by atoms with Gasteiger partial charge in [-0.15, -0.1) is 0 Å². The molecule has 5 N–H and O–H groups in total. The van der Waals surface area contributed by atoms with Crippen molar-refractivity contribution in [1.82, 2.24) is 10.6 Å². The first-order valence-corrected chi connectivity index (χ1v) is 8.32. The van der Waals surface area contributed by atoms with Gasteiger partial charge >= 0.3 is 0 Å². The number of amides is 1. The quantitative estimate of drug-likeness (QED) is 0.211. The fourth-order valence-corrected chi connectivity index (χ4v) is 2.23. The summed E-state index contributed by atoms with van der Waals surface area (Å²) in [6, 6.07) is 5.48. The van der Waals surface area contributed by atoms with Crippen LogP contribution in [0.2, 0.25) is 0 Å². The molecule has 138 valence electrons. The van der Waals surface area contributed by atoms with Crippen molar-refractivity contribution in [1.29, 1.82) is 5.41 Å². The maximum atomic E-state index is 11.8. The Morgan fingerprint density at radius 1 is 1.08 bits per heavy atom. The Bertz CT molecular complexity index is 588. The zero-order valence-corrected chi connectivity index (χ0v) is 14.9. The molecule has 7 nitrogen and oxygen atoms in total. The van der Waals surface area contributed by atoms with Crippen molar-refractivity contribution >= 4 is 17.9 Å². The van der Waals surface area contributed by atoms with Gasteiger partial charge in [0, 0.05) is 19.2 Å². The van der Waals surface area contributed by atoms with Crippen LogP contribution in [-0.4, -0.2) is 39.2 Å². The molecule has 0 spiro atoms. The van der Waals surface area contributed by atoms with Crippen LogP contribution in [0.3, 0.4) is 0 Å². The van der Waals surface area contributed by atoms with Crippen LogP contribution in [0.1, 0.15) is 31.2 Å². The number of hydrogen-bond acceptors (Lipinski definition) is 4. The molecule has 1 amide bonds. The molecule has 0 aromatic heterocycles. The molecular weight excluding hydrogens is 320 g/mol. The highest BCUT2D eigenvalue weighted by molar-refractivity contribution is 5.91. The molecule has 0 fully saturated rings. The largest absolute Gasteiger partial charge is 0.493 e. The number of rotatable bonds is 11. The molecule has 0 unspecified atom stereocenters. The van der Waals surface area contributed by atoms with Gasteiger partial charge < -0.3 is 25.8 Å². The molecule has 0 atom stereocenters. The van der Waals surface area contributed by atoms with Gasteiger partial charge in [-0.1, -0.05) is 18.9 Å². The van der Waals surface area contributed by atoms with Crippen molar-refractivity contribution < 1.29 is 14.3 Å². The lowest BCUT2D eigenvalue weighted by Crippen LogP contribution is -2.30. The lowest BCUT2D eigenvalue weighted by atomic mass is 10.2. The lowest BCUT2D eigenvalue weighted by molar-refractivity contribution is -0.116. The highest BCUT2D eigenvalue weighted by Gasteiger charge is 2.03. The molecular formula is C18H28N4O3. The van der Waals surface area contributed by atoms with E-state index in [2.05, 4.69) is 10.6 Å². The first-order chi connectivity index (χ1) is 12.1. The summed E-state index contributed by atoms with van der Waals surface area (Å²) in [6.07, 6.45) is 7.21. The smallest absolute Gasteiger partial charge is 0.243 e. The van der Waals surface area contributed by atoms with Crippen molar-refractivity contribution in [3.8, 4) is 11.5 Å². The monoisotopic (exact) mass is 348 g/mol. The summed E-state index contributed by atoms with van der Waals surface area (Å²) in [4.78, 5) is 11.8. The van der Waals surface area contributed by atoms with E-state index >= 15 is 0 Å². The molecule has 0 aliphatic carbocycles. The summed E-state index contributed by atoms with van der Waals surface area (Å²) in [5.74, 6) is 1.17. The van der Waals surface area contributed by atoms with Gasteiger partial charge in [0.2, 0.25) is 5.91 Å². The minimum Gasteiger partial charge on any atom is -0.493 e. The first kappa shape index (κ1) is 20.3. The highest BCUT2D eigenvalue weighted by atomic mass is 16.5. The van der Waals surface area contributed by atoms with Crippen LogP contribution < -0.4 is 25.8 Å². The van der Waals surface area contributed by atoms with E-state index in [-0.39, 0.29) is 11.9 Å². The van der Waals surface area contributed by atoms with Crippen LogP contribution in [0.15, 0.2) is 24.3 Å². The van der Waals surface area contributed by atoms with Crippen molar-refractivity contribution in [3.63, 3.8) is 0 Å². The van der Waals surface area contributed by atoms with Crippen LogP contribution >= 0.6 is 0 Å². The van der Waals surface area contributed by atoms with Gasteiger partial charge in [-0.2, -0.15) is 0 Å². The van der Waals surface area contributed by atoms with Crippen LogP contribution in [0.25, 0.3) is 6.08 Å². The van der Waals surface area contributed by atoms with Gasteiger partial charge in [-0.3, -0.25) is 10.2 Å². The Morgan fingerprint density at radius 2 is 1.72 bits per heavy atom. The summed E-state index contributed by atoms with van der Waals surface area (Å²) in [5.41, 5.74) is 6.06. The molecule has 0 aliphatic heterocycles. The second-order valence-corrected chi connectivity index (χ2v) is 5.49. The third kappa shape index (κ3) is 8.64. The predicted molar refractivity (Wildman–Crippen MR) is 100.0 cm³/mol. The number of unbranched alkanes of at least 4 members (excludes halogenated alkanes) is 3. The standard InChI is InChI=1S/C18H28N4O3/c1-24-15-9-7-14(13-16(15)25-2)8-10-17(23)21-11-5-3-4-6-12-22-18(19)20/h7-10,13H,3-6,11-12H2,1-2H3,(H,21,23)(H4,19,20,22)/b10-8+. The van der Waals surface area contributed by atoms with E-state index in [0.717, 1.165) is 37.8 Å². The minimum absolute atomic E-state index is 0.00790. The number of ether oxygens (including phenoxy) is 2. The molecule has 25 heavy (non-hydrogen) atoms. The highest BCUT2D eigenvalue weighted by Crippen LogP contribution is 2.27. The van der Waals surface area contributed by atoms with Gasteiger partial charge in [0.05, 0.1) is 14.2 Å². The van der Waals surface area contributed by atoms with Gasteiger partial charge in [-0.25, -0.2) is 0 Å². The predicted octanol–water partition coefficient (Wildman–Crippen LogP) is 1.88. The van der Waals surface area contributed by atoms with E-state index < -0.39 is 0 Å². The molecule has 7 heteroatoms. The van der Waals surface area contributed by atoms with E-state index in [9.17, 15) is 4.79 Å². The number of benzene rings is 1. The van der Waals surface area contributed by atoms with E-state index in [1.165, 1.54) is 6.08 Å². The normalized spacial score (nSPS) is 10.5. The fraction of sp³-hybridized carbons (Fsp3) is 0.444. The number of carbonyl (C=O) groups excluding carboxylic acids is 1. The second-order valence-electron chi connectivity index (χ2n) is 5.49. The number of nitrogens with one attached hydrogen (secondary N) is 3. The number of carbonyl (C=O) groups is 1. The summed E-state index contributed by atoms with van der Waals surface area (Å²) < 4.78 is 10.4. The van der Waals surface area contributed by atoms with Crippen molar-refractivity contribution in [2.45, 2.75) is 25.7 Å². The van der Waals surface area contributed by atoms with Crippen molar-refractivity contribution in [3.05, 3.63) is 29.8 Å². The molecule has 1 aromatic rings. The maximum absolute atomic E-state index is 11.8. The van der Waals surface area contributed by atoms with E-state index in [4.69, 9.17) is 20.6 Å². The Labute approximate surface area is 149 Å². The molecule has 0 saturated carbocycles. The third-order valence-corrected chi connectivity index (χ3v) is 3.55. The third-order valence-electron chi connectivity index (χ3n) is 3.55. The summed E-state index contributed by atoms with van der Waals surface area (Å²) >= 11 is 0. The van der Waals surface area contributed by atoms with E-state index in [1.54, 1.807) is 26.4 Å². The summed E-state index contributed by atoms with van der Waals surface area (Å²) in [6.45, 7) is 1.37.